The Morgan fingerprint density at radius 1 is 1.32 bits per heavy atom. The van der Waals surface area contributed by atoms with Gasteiger partial charge in [-0.15, -0.1) is 0 Å². The average Bonchev–Trinajstić information content (AvgIpc) is 2.27. The summed E-state index contributed by atoms with van der Waals surface area (Å²) in [6.07, 6.45) is -4.86. The van der Waals surface area contributed by atoms with Crippen LogP contribution in [0.25, 0.3) is 0 Å². The van der Waals surface area contributed by atoms with Crippen LogP contribution >= 0.6 is 0 Å². The Labute approximate surface area is 110 Å². The molecule has 0 bridgehead atoms. The Morgan fingerprint density at radius 3 is 2.32 bits per heavy atom. The Hall–Kier alpha value is -1.52. The highest BCUT2D eigenvalue weighted by molar-refractivity contribution is 6.01. The highest BCUT2D eigenvalue weighted by atomic mass is 19.4. The molecule has 0 aromatic heterocycles. The van der Waals surface area contributed by atoms with Gasteiger partial charge in [0.15, 0.2) is 0 Å². The Balaban J connectivity index is 3.36. The van der Waals surface area contributed by atoms with Crippen molar-refractivity contribution in [3.8, 4) is 5.75 Å². The molecule has 2 nitrogen and oxygen atoms in total. The Bertz CT molecular complexity index is 476. The first-order valence-corrected chi connectivity index (χ1v) is 6.07. The van der Waals surface area contributed by atoms with Crippen molar-refractivity contribution in [2.24, 2.45) is 0 Å². The van der Waals surface area contributed by atoms with Gasteiger partial charge in [0.2, 0.25) is 0 Å². The van der Waals surface area contributed by atoms with E-state index in [4.69, 9.17) is 4.74 Å². The first kappa shape index (κ1) is 15.5. The number of benzene rings is 1. The van der Waals surface area contributed by atoms with E-state index in [2.05, 4.69) is 0 Å². The lowest BCUT2D eigenvalue weighted by Gasteiger charge is -2.17. The van der Waals surface area contributed by atoms with E-state index in [1.165, 1.54) is 19.1 Å². The highest BCUT2D eigenvalue weighted by Crippen LogP contribution is 2.32. The predicted octanol–water partition coefficient (Wildman–Crippen LogP) is 4.26. The normalized spacial score (nSPS) is 11.8. The maximum absolute atomic E-state index is 12.5. The van der Waals surface area contributed by atoms with Crippen molar-refractivity contribution in [1.29, 1.82) is 0 Å². The Kier molecular flexibility index (Phi) is 4.61. The van der Waals surface area contributed by atoms with Crippen LogP contribution in [0.3, 0.4) is 0 Å². The lowest BCUT2D eigenvalue weighted by molar-refractivity contribution is -0.0885. The molecule has 0 saturated heterocycles. The summed E-state index contributed by atoms with van der Waals surface area (Å²) in [4.78, 5) is 11.4. The smallest absolute Gasteiger partial charge is 0.454 e. The predicted molar refractivity (Wildman–Crippen MR) is 66.8 cm³/mol. The maximum atomic E-state index is 12.5. The quantitative estimate of drug-likeness (QED) is 0.767. The van der Waals surface area contributed by atoms with Gasteiger partial charge in [-0.2, -0.15) is 13.2 Å². The molecule has 0 fully saturated rings. The van der Waals surface area contributed by atoms with Crippen molar-refractivity contribution in [2.75, 3.05) is 6.61 Å². The van der Waals surface area contributed by atoms with Crippen molar-refractivity contribution in [3.05, 3.63) is 28.8 Å². The van der Waals surface area contributed by atoms with E-state index in [0.29, 0.717) is 17.9 Å². The van der Waals surface area contributed by atoms with Crippen LogP contribution in [0.5, 0.6) is 5.75 Å². The first-order valence-electron chi connectivity index (χ1n) is 6.07. The lowest BCUT2D eigenvalue weighted by atomic mass is 9.94. The molecule has 0 spiro atoms. The molecule has 0 saturated carbocycles. The first-order chi connectivity index (χ1) is 8.68. The van der Waals surface area contributed by atoms with E-state index >= 15 is 0 Å². The topological polar surface area (TPSA) is 26.3 Å². The van der Waals surface area contributed by atoms with E-state index < -0.39 is 12.0 Å². The van der Waals surface area contributed by atoms with Crippen LogP contribution in [0.15, 0.2) is 12.1 Å². The number of ketones is 1. The van der Waals surface area contributed by atoms with E-state index in [-0.39, 0.29) is 17.0 Å². The number of rotatable bonds is 4. The van der Waals surface area contributed by atoms with Crippen LogP contribution in [0, 0.1) is 6.92 Å². The monoisotopic (exact) mass is 274 g/mol. The highest BCUT2D eigenvalue weighted by Gasteiger charge is 2.40. The van der Waals surface area contributed by atoms with Crippen molar-refractivity contribution in [3.63, 3.8) is 0 Å². The summed E-state index contributed by atoms with van der Waals surface area (Å²) in [5.41, 5.74) is 0.579. The molecule has 0 aliphatic rings. The standard InChI is InChI=1S/C14H17F3O2/c1-5-19-12-6-9(4)11(7-10(12)8(2)3)13(18)14(15,16)17/h6-8H,5H2,1-4H3. The van der Waals surface area contributed by atoms with Crippen LogP contribution < -0.4 is 4.74 Å². The maximum Gasteiger partial charge on any atom is 0.454 e. The second-order valence-corrected chi connectivity index (χ2v) is 4.62. The molecule has 0 amide bonds. The molecule has 1 aromatic rings. The van der Waals surface area contributed by atoms with Crippen molar-refractivity contribution >= 4 is 5.78 Å². The van der Waals surface area contributed by atoms with Gasteiger partial charge in [-0.25, -0.2) is 0 Å². The summed E-state index contributed by atoms with van der Waals surface area (Å²) in [6, 6.07) is 2.79. The molecule has 1 rings (SSSR count). The zero-order chi connectivity index (χ0) is 14.8. The third-order valence-corrected chi connectivity index (χ3v) is 2.78. The minimum Gasteiger partial charge on any atom is -0.494 e. The number of aryl methyl sites for hydroxylation is 1. The van der Waals surface area contributed by atoms with E-state index in [0.717, 1.165) is 0 Å². The number of hydrogen-bond donors (Lipinski definition) is 0. The van der Waals surface area contributed by atoms with Gasteiger partial charge in [-0.05, 0) is 43.0 Å². The molecule has 106 valence electrons. The van der Waals surface area contributed by atoms with E-state index in [1.807, 2.05) is 13.8 Å². The number of Topliss-reactive ketones (excluding diaryl/α,β-unsaturated/α-hetero) is 1. The van der Waals surface area contributed by atoms with Crippen molar-refractivity contribution in [1.82, 2.24) is 0 Å². The van der Waals surface area contributed by atoms with Gasteiger partial charge < -0.3 is 4.74 Å². The molecule has 0 radical (unpaired) electrons. The summed E-state index contributed by atoms with van der Waals surface area (Å²) in [6.45, 7) is 7.38. The van der Waals surface area contributed by atoms with Gasteiger partial charge in [-0.1, -0.05) is 13.8 Å². The molecule has 0 unspecified atom stereocenters. The molecule has 19 heavy (non-hydrogen) atoms. The van der Waals surface area contributed by atoms with Gasteiger partial charge in [0.25, 0.3) is 5.78 Å². The minimum absolute atomic E-state index is 0.0260. The average molecular weight is 274 g/mol. The van der Waals surface area contributed by atoms with Gasteiger partial charge in [-0.3, -0.25) is 4.79 Å². The molecule has 0 aliphatic heterocycles. The summed E-state index contributed by atoms with van der Waals surface area (Å²) in [5, 5.41) is 0. The van der Waals surface area contributed by atoms with Crippen LogP contribution in [-0.2, 0) is 0 Å². The van der Waals surface area contributed by atoms with E-state index in [9.17, 15) is 18.0 Å². The third-order valence-electron chi connectivity index (χ3n) is 2.78. The second-order valence-electron chi connectivity index (χ2n) is 4.62. The molecule has 5 heteroatoms. The third kappa shape index (κ3) is 3.49. The summed E-state index contributed by atoms with van der Waals surface area (Å²) < 4.78 is 43.0. The number of alkyl halides is 3. The molecule has 0 atom stereocenters. The number of carbonyl (C=O) groups excluding carboxylic acids is 1. The summed E-state index contributed by atoms with van der Waals surface area (Å²) >= 11 is 0. The van der Waals surface area contributed by atoms with Crippen molar-refractivity contribution in [2.45, 2.75) is 39.8 Å². The van der Waals surface area contributed by atoms with Crippen LogP contribution in [-0.4, -0.2) is 18.6 Å². The fourth-order valence-corrected chi connectivity index (χ4v) is 1.83. The fourth-order valence-electron chi connectivity index (χ4n) is 1.83. The molecule has 1 aromatic carbocycles. The van der Waals surface area contributed by atoms with Crippen LogP contribution in [0.4, 0.5) is 13.2 Å². The van der Waals surface area contributed by atoms with E-state index in [1.54, 1.807) is 6.92 Å². The zero-order valence-electron chi connectivity index (χ0n) is 11.4. The van der Waals surface area contributed by atoms with Crippen molar-refractivity contribution < 1.29 is 22.7 Å². The van der Waals surface area contributed by atoms with Gasteiger partial charge in [0.1, 0.15) is 5.75 Å². The molecular weight excluding hydrogens is 257 g/mol. The minimum atomic E-state index is -4.86. The Morgan fingerprint density at radius 2 is 1.89 bits per heavy atom. The zero-order valence-corrected chi connectivity index (χ0v) is 11.4. The van der Waals surface area contributed by atoms with Crippen LogP contribution in [0.1, 0.15) is 48.2 Å². The fraction of sp³-hybridized carbons (Fsp3) is 0.500. The number of ether oxygens (including phenoxy) is 1. The van der Waals surface area contributed by atoms with Gasteiger partial charge in [0.05, 0.1) is 6.61 Å². The number of hydrogen-bond acceptors (Lipinski definition) is 2. The molecule has 0 N–H and O–H groups in total. The summed E-state index contributed by atoms with van der Waals surface area (Å²) in [7, 11) is 0. The number of carbonyl (C=O) groups is 1. The number of halogens is 3. The SMILES string of the molecule is CCOc1cc(C)c(C(=O)C(F)(F)F)cc1C(C)C. The molecular formula is C14H17F3O2. The largest absolute Gasteiger partial charge is 0.494 e. The lowest BCUT2D eigenvalue weighted by Crippen LogP contribution is -2.24. The van der Waals surface area contributed by atoms with Gasteiger partial charge in [0, 0.05) is 5.56 Å². The second kappa shape index (κ2) is 5.63. The van der Waals surface area contributed by atoms with Crippen LogP contribution in [0.2, 0.25) is 0 Å². The molecule has 0 heterocycles. The molecule has 0 aliphatic carbocycles. The van der Waals surface area contributed by atoms with Gasteiger partial charge >= 0.3 is 6.18 Å². The summed E-state index contributed by atoms with van der Waals surface area (Å²) in [5.74, 6) is -1.30.